The van der Waals surface area contributed by atoms with Gasteiger partial charge in [-0.2, -0.15) is 0 Å². The smallest absolute Gasteiger partial charge is 0.160 e. The molecule has 0 atom stereocenters. The van der Waals surface area contributed by atoms with Crippen LogP contribution in [0.3, 0.4) is 0 Å². The Hall–Kier alpha value is -2.36. The van der Waals surface area contributed by atoms with Crippen LogP contribution in [0.4, 0.5) is 11.4 Å². The number of nitrogens with zero attached hydrogens (tertiary/aromatic N) is 2. The Kier molecular flexibility index (Phi) is 3.98. The van der Waals surface area contributed by atoms with E-state index in [1.165, 1.54) is 0 Å². The molecule has 0 unspecified atom stereocenters. The summed E-state index contributed by atoms with van der Waals surface area (Å²) in [5, 5.41) is 0. The number of carbonyl (C=O) groups is 2. The molecule has 0 amide bonds. The second-order valence-corrected chi connectivity index (χ2v) is 7.33. The van der Waals surface area contributed by atoms with Crippen molar-refractivity contribution < 1.29 is 9.59 Å². The summed E-state index contributed by atoms with van der Waals surface area (Å²) in [7, 11) is 4.05. The van der Waals surface area contributed by atoms with Crippen molar-refractivity contribution in [1.29, 1.82) is 0 Å². The molecule has 0 fully saturated rings. The van der Waals surface area contributed by atoms with E-state index in [4.69, 9.17) is 0 Å². The van der Waals surface area contributed by atoms with Gasteiger partial charge in [0.15, 0.2) is 11.6 Å². The minimum Gasteiger partial charge on any atom is -0.378 e. The second-order valence-electron chi connectivity index (χ2n) is 7.33. The lowest BCUT2D eigenvalue weighted by molar-refractivity contribution is -0.116. The Morgan fingerprint density at radius 3 is 1.80 bits per heavy atom. The predicted molar refractivity (Wildman–Crippen MR) is 99.6 cm³/mol. The summed E-state index contributed by atoms with van der Waals surface area (Å²) < 4.78 is 0. The van der Waals surface area contributed by atoms with Gasteiger partial charge < -0.3 is 9.80 Å². The first kappa shape index (κ1) is 16.1. The van der Waals surface area contributed by atoms with Gasteiger partial charge in [0, 0.05) is 67.3 Å². The van der Waals surface area contributed by atoms with Gasteiger partial charge in [-0.3, -0.25) is 9.59 Å². The molecule has 1 heterocycles. The number of allylic oxidation sites excluding steroid dienone is 4. The third kappa shape index (κ3) is 2.70. The first-order valence-corrected chi connectivity index (χ1v) is 9.14. The molecular formula is C21H24N2O2. The number of anilines is 2. The number of benzene rings is 1. The van der Waals surface area contributed by atoms with E-state index in [1.54, 1.807) is 0 Å². The fourth-order valence-corrected chi connectivity index (χ4v) is 4.20. The Bertz CT molecular complexity index is 758. The molecule has 0 spiro atoms. The fraction of sp³-hybridized carbons (Fsp3) is 0.429. The molecule has 0 N–H and O–H groups in total. The maximum Gasteiger partial charge on any atom is 0.160 e. The van der Waals surface area contributed by atoms with Crippen LogP contribution in [0.1, 0.15) is 44.9 Å². The van der Waals surface area contributed by atoms with Gasteiger partial charge in [-0.1, -0.05) is 0 Å². The van der Waals surface area contributed by atoms with Crippen molar-refractivity contribution in [3.63, 3.8) is 0 Å². The quantitative estimate of drug-likeness (QED) is 0.819. The van der Waals surface area contributed by atoms with Crippen LogP contribution in [0.15, 0.2) is 46.8 Å². The van der Waals surface area contributed by atoms with Crippen LogP contribution >= 0.6 is 0 Å². The van der Waals surface area contributed by atoms with Gasteiger partial charge >= 0.3 is 0 Å². The molecule has 1 aliphatic heterocycles. The number of rotatable bonds is 2. The van der Waals surface area contributed by atoms with E-state index < -0.39 is 0 Å². The van der Waals surface area contributed by atoms with Gasteiger partial charge in [0.1, 0.15) is 0 Å². The third-order valence-corrected chi connectivity index (χ3v) is 5.52. The van der Waals surface area contributed by atoms with Gasteiger partial charge in [-0.25, -0.2) is 0 Å². The predicted octanol–water partition coefficient (Wildman–Crippen LogP) is 3.98. The van der Waals surface area contributed by atoms with Crippen LogP contribution in [-0.4, -0.2) is 25.7 Å². The molecule has 3 aliphatic rings. The van der Waals surface area contributed by atoms with Gasteiger partial charge in [-0.15, -0.1) is 0 Å². The van der Waals surface area contributed by atoms with E-state index in [2.05, 4.69) is 34.1 Å². The Labute approximate surface area is 148 Å². The normalized spacial score (nSPS) is 20.6. The van der Waals surface area contributed by atoms with Crippen LogP contribution in [0.2, 0.25) is 0 Å². The van der Waals surface area contributed by atoms with Crippen LogP contribution in [0.5, 0.6) is 0 Å². The number of hydrogen-bond acceptors (Lipinski definition) is 4. The van der Waals surface area contributed by atoms with Gasteiger partial charge in [0.25, 0.3) is 0 Å². The van der Waals surface area contributed by atoms with E-state index in [0.717, 1.165) is 59.6 Å². The summed E-state index contributed by atoms with van der Waals surface area (Å²) >= 11 is 0. The van der Waals surface area contributed by atoms with Crippen LogP contribution in [0, 0.1) is 0 Å². The van der Waals surface area contributed by atoms with Crippen molar-refractivity contribution in [2.24, 2.45) is 0 Å². The zero-order chi connectivity index (χ0) is 17.6. The van der Waals surface area contributed by atoms with E-state index in [9.17, 15) is 9.59 Å². The summed E-state index contributed by atoms with van der Waals surface area (Å²) in [6.45, 7) is 0. The molecule has 4 heteroatoms. The van der Waals surface area contributed by atoms with E-state index in [1.807, 2.05) is 14.1 Å². The molecule has 2 aliphatic carbocycles. The highest BCUT2D eigenvalue weighted by atomic mass is 16.1. The maximum absolute atomic E-state index is 12.5. The lowest BCUT2D eigenvalue weighted by atomic mass is 9.80. The lowest BCUT2D eigenvalue weighted by Crippen LogP contribution is -2.35. The van der Waals surface area contributed by atoms with Crippen molar-refractivity contribution in [3.05, 3.63) is 46.8 Å². The van der Waals surface area contributed by atoms with E-state index >= 15 is 0 Å². The molecular weight excluding hydrogens is 312 g/mol. The summed E-state index contributed by atoms with van der Waals surface area (Å²) in [5.74, 6) is 0.446. The summed E-state index contributed by atoms with van der Waals surface area (Å²) in [5.41, 5.74) is 6.21. The van der Waals surface area contributed by atoms with Crippen LogP contribution < -0.4 is 9.80 Å². The third-order valence-electron chi connectivity index (χ3n) is 5.52. The molecule has 130 valence electrons. The first-order valence-electron chi connectivity index (χ1n) is 9.14. The highest BCUT2D eigenvalue weighted by molar-refractivity contribution is 6.05. The summed E-state index contributed by atoms with van der Waals surface area (Å²) in [6.07, 6.45) is 5.42. The summed E-state index contributed by atoms with van der Waals surface area (Å²) in [6, 6.07) is 8.40. The highest BCUT2D eigenvalue weighted by Crippen LogP contribution is 2.44. The number of carbonyl (C=O) groups excluding carboxylic acids is 2. The van der Waals surface area contributed by atoms with Gasteiger partial charge in [0.05, 0.1) is 0 Å². The summed E-state index contributed by atoms with van der Waals surface area (Å²) in [4.78, 5) is 29.3. The number of ketones is 2. The maximum atomic E-state index is 12.5. The monoisotopic (exact) mass is 336 g/mol. The molecule has 0 bridgehead atoms. The molecule has 0 aromatic heterocycles. The average Bonchev–Trinajstić information content (AvgIpc) is 2.61. The van der Waals surface area contributed by atoms with Gasteiger partial charge in [0.2, 0.25) is 0 Å². The lowest BCUT2D eigenvalue weighted by Gasteiger charge is -2.40. The minimum absolute atomic E-state index is 0.223. The highest BCUT2D eigenvalue weighted by Gasteiger charge is 2.36. The van der Waals surface area contributed by atoms with Gasteiger partial charge in [-0.05, 0) is 49.9 Å². The molecule has 4 nitrogen and oxygen atoms in total. The van der Waals surface area contributed by atoms with Crippen molar-refractivity contribution in [2.75, 3.05) is 23.9 Å². The van der Waals surface area contributed by atoms with Crippen molar-refractivity contribution in [3.8, 4) is 0 Å². The number of Topliss-reactive ketones (excluding diaryl/α,β-unsaturated/α-hetero) is 2. The second kappa shape index (κ2) is 6.17. The topological polar surface area (TPSA) is 40.6 Å². The molecule has 4 rings (SSSR count). The largest absolute Gasteiger partial charge is 0.378 e. The van der Waals surface area contributed by atoms with Crippen molar-refractivity contribution >= 4 is 22.9 Å². The first-order chi connectivity index (χ1) is 12.1. The molecule has 1 aromatic carbocycles. The molecule has 0 saturated carbocycles. The SMILES string of the molecule is CN(C)c1ccc(N2C3=C(CC4=C2CCCC4=O)C(=O)CCC3)cc1. The fourth-order valence-electron chi connectivity index (χ4n) is 4.20. The van der Waals surface area contributed by atoms with Crippen LogP contribution in [-0.2, 0) is 9.59 Å². The average molecular weight is 336 g/mol. The van der Waals surface area contributed by atoms with E-state index in [0.29, 0.717) is 19.3 Å². The van der Waals surface area contributed by atoms with Crippen LogP contribution in [0.25, 0.3) is 0 Å². The van der Waals surface area contributed by atoms with Crippen molar-refractivity contribution in [2.45, 2.75) is 44.9 Å². The molecule has 0 radical (unpaired) electrons. The Balaban J connectivity index is 1.83. The standard InChI is InChI=1S/C21H24N2O2/c1-22(2)14-9-11-15(12-10-14)23-18-5-3-7-20(24)16(18)13-17-19(23)6-4-8-21(17)25/h9-12H,3-8,13H2,1-2H3. The van der Waals surface area contributed by atoms with Crippen molar-refractivity contribution in [1.82, 2.24) is 0 Å². The minimum atomic E-state index is 0.223. The number of hydrogen-bond donors (Lipinski definition) is 0. The zero-order valence-electron chi connectivity index (χ0n) is 15.0. The Morgan fingerprint density at radius 1 is 0.800 bits per heavy atom. The van der Waals surface area contributed by atoms with E-state index in [-0.39, 0.29) is 11.6 Å². The molecule has 25 heavy (non-hydrogen) atoms. The zero-order valence-corrected chi connectivity index (χ0v) is 15.0. The Morgan fingerprint density at radius 2 is 1.32 bits per heavy atom. The molecule has 1 aromatic rings. The molecule has 0 saturated heterocycles.